The fraction of sp³-hybridized carbons (Fsp3) is 0.438. The number of fused-ring (bicyclic) bond motifs is 1. The van der Waals surface area contributed by atoms with Crippen LogP contribution in [-0.4, -0.2) is 26.0 Å². The number of nitrogens with two attached hydrogens (primary N) is 1. The molecular weight excluding hydrogens is 299 g/mol. The molecular formula is C16H16FN4O2+. The van der Waals surface area contributed by atoms with Crippen molar-refractivity contribution in [3.63, 3.8) is 0 Å². The lowest BCUT2D eigenvalue weighted by molar-refractivity contribution is -0.688. The monoisotopic (exact) mass is 315 g/mol. The Morgan fingerprint density at radius 1 is 1.13 bits per heavy atom. The molecule has 2 aliphatic rings. The SMILES string of the molecule is COC1(OC)[NH+]=C(N)[C@@]2(C#N)[C@@](C)(c3ccc(F)cc3)[C@@]12C#N. The average Bonchev–Trinajstić information content (AvgIpc) is 2.97. The number of nitrogens with one attached hydrogen (secondary N) is 1. The van der Waals surface area contributed by atoms with Gasteiger partial charge in [0.15, 0.2) is 10.8 Å². The van der Waals surface area contributed by atoms with E-state index in [0.717, 1.165) is 0 Å². The van der Waals surface area contributed by atoms with E-state index >= 15 is 0 Å². The highest BCUT2D eigenvalue weighted by Gasteiger charge is 3.02. The van der Waals surface area contributed by atoms with Crippen molar-refractivity contribution < 1.29 is 18.9 Å². The summed E-state index contributed by atoms with van der Waals surface area (Å²) in [6, 6.07) is 10.1. The highest BCUT2D eigenvalue weighted by molar-refractivity contribution is 5.97. The van der Waals surface area contributed by atoms with Crippen LogP contribution in [0.1, 0.15) is 12.5 Å². The minimum atomic E-state index is -1.56. The Kier molecular flexibility index (Phi) is 2.87. The number of hydrogen-bond acceptors (Lipinski definition) is 5. The molecule has 1 saturated carbocycles. The zero-order valence-corrected chi connectivity index (χ0v) is 13.0. The Labute approximate surface area is 132 Å². The molecule has 0 amide bonds. The van der Waals surface area contributed by atoms with E-state index < -0.39 is 28.0 Å². The topological polar surface area (TPSA) is 106 Å². The van der Waals surface area contributed by atoms with Gasteiger partial charge in [-0.3, -0.25) is 5.73 Å². The number of methoxy groups -OCH3 is 2. The van der Waals surface area contributed by atoms with Gasteiger partial charge in [-0.2, -0.15) is 10.5 Å². The fourth-order valence-corrected chi connectivity index (χ4v) is 4.36. The zero-order valence-electron chi connectivity index (χ0n) is 13.0. The highest BCUT2D eigenvalue weighted by Crippen LogP contribution is 2.82. The summed E-state index contributed by atoms with van der Waals surface area (Å²) in [4.78, 5) is 2.82. The van der Waals surface area contributed by atoms with Crippen molar-refractivity contribution in [1.29, 1.82) is 10.5 Å². The number of rotatable bonds is 3. The van der Waals surface area contributed by atoms with Crippen LogP contribution in [0.4, 0.5) is 4.39 Å². The Bertz CT molecular complexity index is 790. The van der Waals surface area contributed by atoms with Gasteiger partial charge in [-0.1, -0.05) is 19.1 Å². The van der Waals surface area contributed by atoms with Gasteiger partial charge in [0, 0.05) is 14.2 Å². The number of halogens is 1. The van der Waals surface area contributed by atoms with E-state index in [1.165, 1.54) is 26.4 Å². The summed E-state index contributed by atoms with van der Waals surface area (Å²) in [6.45, 7) is 1.74. The second-order valence-corrected chi connectivity index (χ2v) is 5.92. The molecule has 0 bridgehead atoms. The zero-order chi connectivity index (χ0) is 17.1. The van der Waals surface area contributed by atoms with Crippen LogP contribution in [0.25, 0.3) is 0 Å². The largest absolute Gasteiger partial charge is 0.343 e. The number of benzene rings is 1. The van der Waals surface area contributed by atoms with Crippen LogP contribution in [0.3, 0.4) is 0 Å². The van der Waals surface area contributed by atoms with E-state index in [1.54, 1.807) is 19.1 Å². The first kappa shape index (κ1) is 15.4. The Morgan fingerprint density at radius 2 is 1.70 bits per heavy atom. The van der Waals surface area contributed by atoms with Gasteiger partial charge in [0.05, 0.1) is 17.6 Å². The van der Waals surface area contributed by atoms with E-state index in [-0.39, 0.29) is 5.84 Å². The lowest BCUT2D eigenvalue weighted by Crippen LogP contribution is -2.91. The van der Waals surface area contributed by atoms with Crippen molar-refractivity contribution in [2.24, 2.45) is 16.6 Å². The van der Waals surface area contributed by atoms with Crippen molar-refractivity contribution >= 4 is 5.84 Å². The smallest absolute Gasteiger partial charge is 0.317 e. The maximum absolute atomic E-state index is 13.3. The molecule has 1 heterocycles. The summed E-state index contributed by atoms with van der Waals surface area (Å²) < 4.78 is 24.2. The Balaban J connectivity index is 2.33. The molecule has 0 aromatic heterocycles. The van der Waals surface area contributed by atoms with Gasteiger partial charge in [-0.25, -0.2) is 9.38 Å². The number of nitrogens with zero attached hydrogens (tertiary/aromatic N) is 2. The minimum absolute atomic E-state index is 0.108. The second kappa shape index (κ2) is 4.29. The molecule has 1 aromatic rings. The molecule has 0 unspecified atom stereocenters. The van der Waals surface area contributed by atoms with Crippen LogP contribution in [-0.2, 0) is 14.9 Å². The molecule has 0 saturated heterocycles. The summed E-state index contributed by atoms with van der Waals surface area (Å²) >= 11 is 0. The molecule has 118 valence electrons. The van der Waals surface area contributed by atoms with E-state index in [9.17, 15) is 14.9 Å². The quantitative estimate of drug-likeness (QED) is 0.733. The number of amidine groups is 1. The lowest BCUT2D eigenvalue weighted by Gasteiger charge is -2.30. The molecule has 0 radical (unpaired) electrons. The summed E-state index contributed by atoms with van der Waals surface area (Å²) in [5.74, 6) is -1.86. The predicted octanol–water partition coefficient (Wildman–Crippen LogP) is -0.485. The molecule has 1 aliphatic heterocycles. The first-order valence-corrected chi connectivity index (χ1v) is 6.97. The molecule has 1 aliphatic carbocycles. The van der Waals surface area contributed by atoms with Gasteiger partial charge in [0.2, 0.25) is 0 Å². The second-order valence-electron chi connectivity index (χ2n) is 5.92. The molecule has 3 rings (SSSR count). The van der Waals surface area contributed by atoms with E-state index in [1.807, 2.05) is 0 Å². The number of nitriles is 2. The molecule has 3 atom stereocenters. The molecule has 7 heteroatoms. The van der Waals surface area contributed by atoms with Gasteiger partial charge in [-0.15, -0.1) is 0 Å². The predicted molar refractivity (Wildman–Crippen MR) is 76.8 cm³/mol. The third-order valence-electron chi connectivity index (χ3n) is 5.53. The standard InChI is InChI=1S/C16H15FN4O2/c1-13(10-4-6-11(17)7-5-10)14(8-18)12(20)21-16(22-2,23-3)15(13,14)9-19/h4-7H,1-3H3,(H2,20,21)/p+1/t13-,14+,15-/m1/s1. The molecule has 0 spiro atoms. The van der Waals surface area contributed by atoms with Crippen LogP contribution in [0.15, 0.2) is 24.3 Å². The molecule has 3 N–H and O–H groups in total. The number of ether oxygens (including phenoxy) is 2. The number of hydrogen-bond donors (Lipinski definition) is 2. The third kappa shape index (κ3) is 1.20. The van der Waals surface area contributed by atoms with Crippen LogP contribution >= 0.6 is 0 Å². The maximum Gasteiger partial charge on any atom is 0.343 e. The summed E-state index contributed by atoms with van der Waals surface area (Å²) in [5.41, 5.74) is 2.94. The van der Waals surface area contributed by atoms with Crippen molar-refractivity contribution in [2.75, 3.05) is 14.2 Å². The maximum atomic E-state index is 13.3. The molecule has 1 aromatic carbocycles. The molecule has 1 fully saturated rings. The van der Waals surface area contributed by atoms with Crippen LogP contribution < -0.4 is 10.7 Å². The van der Waals surface area contributed by atoms with Crippen molar-refractivity contribution in [2.45, 2.75) is 18.2 Å². The first-order valence-electron chi connectivity index (χ1n) is 6.97. The minimum Gasteiger partial charge on any atom is -0.317 e. The van der Waals surface area contributed by atoms with Crippen molar-refractivity contribution in [3.05, 3.63) is 35.6 Å². The Hall–Kier alpha value is -2.48. The highest BCUT2D eigenvalue weighted by atomic mass is 19.1. The summed E-state index contributed by atoms with van der Waals surface area (Å²) in [5, 5.41) is 19.9. The fourth-order valence-electron chi connectivity index (χ4n) is 4.36. The summed E-state index contributed by atoms with van der Waals surface area (Å²) in [6.07, 6.45) is 0. The molecule has 6 nitrogen and oxygen atoms in total. The Morgan fingerprint density at radius 3 is 2.13 bits per heavy atom. The average molecular weight is 315 g/mol. The first-order chi connectivity index (χ1) is 10.9. The van der Waals surface area contributed by atoms with Crippen LogP contribution in [0.5, 0.6) is 0 Å². The van der Waals surface area contributed by atoms with Crippen LogP contribution in [0, 0.1) is 39.3 Å². The van der Waals surface area contributed by atoms with Gasteiger partial charge in [0.25, 0.3) is 5.84 Å². The van der Waals surface area contributed by atoms with E-state index in [2.05, 4.69) is 17.1 Å². The third-order valence-corrected chi connectivity index (χ3v) is 5.53. The normalized spacial score (nSPS) is 36.5. The van der Waals surface area contributed by atoms with Crippen LogP contribution in [0.2, 0.25) is 0 Å². The van der Waals surface area contributed by atoms with E-state index in [4.69, 9.17) is 15.2 Å². The van der Waals surface area contributed by atoms with Gasteiger partial charge in [-0.05, 0) is 17.7 Å². The van der Waals surface area contributed by atoms with Gasteiger partial charge in [0.1, 0.15) is 5.82 Å². The summed E-state index contributed by atoms with van der Waals surface area (Å²) in [7, 11) is 2.75. The van der Waals surface area contributed by atoms with E-state index in [0.29, 0.717) is 5.56 Å². The van der Waals surface area contributed by atoms with Gasteiger partial charge < -0.3 is 9.47 Å². The van der Waals surface area contributed by atoms with Gasteiger partial charge >= 0.3 is 5.91 Å². The van der Waals surface area contributed by atoms with Crippen molar-refractivity contribution in [3.8, 4) is 12.1 Å². The van der Waals surface area contributed by atoms with Crippen molar-refractivity contribution in [1.82, 2.24) is 0 Å². The lowest BCUT2D eigenvalue weighted by atomic mass is 9.84. The molecule has 23 heavy (non-hydrogen) atoms.